The van der Waals surface area contributed by atoms with Gasteiger partial charge in [-0.1, -0.05) is 6.07 Å². The minimum atomic E-state index is -4.04. The largest absolute Gasteiger partial charge is 0.379 e. The van der Waals surface area contributed by atoms with Gasteiger partial charge in [0.1, 0.15) is 10.7 Å². The molecule has 27 heavy (non-hydrogen) atoms. The number of rotatable bonds is 4. The second-order valence-electron chi connectivity index (χ2n) is 6.41. The lowest BCUT2D eigenvalue weighted by Gasteiger charge is -2.26. The monoisotopic (exact) mass is 392 g/mol. The highest BCUT2D eigenvalue weighted by Crippen LogP contribution is 2.23. The van der Waals surface area contributed by atoms with Crippen LogP contribution in [0.2, 0.25) is 0 Å². The fraction of sp³-hybridized carbons (Fsp3) is 0.316. The van der Waals surface area contributed by atoms with Crippen LogP contribution in [0.5, 0.6) is 0 Å². The Morgan fingerprint density at radius 3 is 2.44 bits per heavy atom. The molecule has 8 heteroatoms. The van der Waals surface area contributed by atoms with E-state index in [-0.39, 0.29) is 31.9 Å². The predicted molar refractivity (Wildman–Crippen MR) is 99.8 cm³/mol. The molecule has 0 atom stereocenters. The van der Waals surface area contributed by atoms with Gasteiger partial charge in [0, 0.05) is 24.3 Å². The van der Waals surface area contributed by atoms with E-state index < -0.39 is 26.6 Å². The SMILES string of the molecule is Cc1ccc(NC(=O)c2ccc(F)c(S(=O)(=O)N3CCOCC3)c2)cc1C. The molecule has 1 heterocycles. The smallest absolute Gasteiger partial charge is 0.255 e. The first-order chi connectivity index (χ1) is 12.8. The summed E-state index contributed by atoms with van der Waals surface area (Å²) in [6, 6.07) is 8.81. The van der Waals surface area contributed by atoms with Gasteiger partial charge >= 0.3 is 0 Å². The maximum atomic E-state index is 14.2. The molecule has 0 radical (unpaired) electrons. The topological polar surface area (TPSA) is 75.7 Å². The van der Waals surface area contributed by atoms with Crippen molar-refractivity contribution in [2.24, 2.45) is 0 Å². The number of carbonyl (C=O) groups excluding carboxylic acids is 1. The summed E-state index contributed by atoms with van der Waals surface area (Å²) in [5.74, 6) is -1.39. The fourth-order valence-electron chi connectivity index (χ4n) is 2.79. The fourth-order valence-corrected chi connectivity index (χ4v) is 4.29. The number of ether oxygens (including phenoxy) is 1. The Labute approximate surface area is 158 Å². The molecule has 0 saturated carbocycles. The molecule has 0 unspecified atom stereocenters. The summed E-state index contributed by atoms with van der Waals surface area (Å²) < 4.78 is 46.0. The molecule has 0 bridgehead atoms. The molecule has 0 aliphatic carbocycles. The van der Waals surface area contributed by atoms with Gasteiger partial charge in [0.2, 0.25) is 10.0 Å². The molecular formula is C19H21FN2O4S. The second kappa shape index (κ2) is 7.75. The molecule has 1 fully saturated rings. The molecule has 0 aromatic heterocycles. The van der Waals surface area contributed by atoms with Crippen LogP contribution in [0.15, 0.2) is 41.3 Å². The number of aryl methyl sites for hydroxylation is 2. The van der Waals surface area contributed by atoms with E-state index in [1.54, 1.807) is 6.07 Å². The number of morpholine rings is 1. The minimum absolute atomic E-state index is 0.0708. The van der Waals surface area contributed by atoms with Gasteiger partial charge in [-0.15, -0.1) is 0 Å². The van der Waals surface area contributed by atoms with Crippen LogP contribution in [0, 0.1) is 19.7 Å². The summed E-state index contributed by atoms with van der Waals surface area (Å²) in [6.45, 7) is 4.71. The Morgan fingerprint density at radius 2 is 1.78 bits per heavy atom. The number of sulfonamides is 1. The summed E-state index contributed by atoms with van der Waals surface area (Å²) in [5, 5.41) is 2.71. The molecule has 1 aliphatic heterocycles. The van der Waals surface area contributed by atoms with Gasteiger partial charge in [0.15, 0.2) is 0 Å². The van der Waals surface area contributed by atoms with Gasteiger partial charge < -0.3 is 10.1 Å². The van der Waals surface area contributed by atoms with Crippen molar-refractivity contribution in [3.05, 3.63) is 58.9 Å². The number of anilines is 1. The van der Waals surface area contributed by atoms with Crippen molar-refractivity contribution < 1.29 is 22.3 Å². The molecule has 2 aromatic carbocycles. The molecule has 2 aromatic rings. The van der Waals surface area contributed by atoms with Gasteiger partial charge in [-0.25, -0.2) is 12.8 Å². The van der Waals surface area contributed by atoms with E-state index in [0.29, 0.717) is 5.69 Å². The lowest BCUT2D eigenvalue weighted by atomic mass is 10.1. The number of nitrogens with zero attached hydrogens (tertiary/aromatic N) is 1. The Balaban J connectivity index is 1.88. The number of nitrogens with one attached hydrogen (secondary N) is 1. The highest BCUT2D eigenvalue weighted by molar-refractivity contribution is 7.89. The van der Waals surface area contributed by atoms with Gasteiger partial charge in [-0.3, -0.25) is 4.79 Å². The normalized spacial score (nSPS) is 15.5. The Morgan fingerprint density at radius 1 is 1.07 bits per heavy atom. The highest BCUT2D eigenvalue weighted by Gasteiger charge is 2.29. The third-order valence-corrected chi connectivity index (χ3v) is 6.46. The molecule has 144 valence electrons. The van der Waals surface area contributed by atoms with E-state index in [1.165, 1.54) is 10.4 Å². The van der Waals surface area contributed by atoms with Crippen molar-refractivity contribution >= 4 is 21.6 Å². The summed E-state index contributed by atoms with van der Waals surface area (Å²) in [5.41, 5.74) is 2.77. The molecule has 1 aliphatic rings. The molecule has 3 rings (SSSR count). The van der Waals surface area contributed by atoms with Crippen molar-refractivity contribution in [1.82, 2.24) is 4.31 Å². The van der Waals surface area contributed by atoms with E-state index in [9.17, 15) is 17.6 Å². The summed E-state index contributed by atoms with van der Waals surface area (Å²) in [6.07, 6.45) is 0. The maximum Gasteiger partial charge on any atom is 0.255 e. The Kier molecular flexibility index (Phi) is 5.59. The standard InChI is InChI=1S/C19H21FN2O4S/c1-13-3-5-16(11-14(13)2)21-19(23)15-4-6-17(20)18(12-15)27(24,25)22-7-9-26-10-8-22/h3-6,11-12H,7-10H2,1-2H3,(H,21,23). The lowest BCUT2D eigenvalue weighted by Crippen LogP contribution is -2.41. The first-order valence-electron chi connectivity index (χ1n) is 8.55. The van der Waals surface area contributed by atoms with Crippen LogP contribution >= 0.6 is 0 Å². The summed E-state index contributed by atoms with van der Waals surface area (Å²) >= 11 is 0. The van der Waals surface area contributed by atoms with Gasteiger partial charge in [-0.2, -0.15) is 4.31 Å². The second-order valence-corrected chi connectivity index (χ2v) is 8.32. The number of amides is 1. The molecule has 1 saturated heterocycles. The maximum absolute atomic E-state index is 14.2. The zero-order valence-corrected chi connectivity index (χ0v) is 16.0. The van der Waals surface area contributed by atoms with Gasteiger partial charge in [-0.05, 0) is 55.3 Å². The van der Waals surface area contributed by atoms with Crippen LogP contribution in [0.4, 0.5) is 10.1 Å². The lowest BCUT2D eigenvalue weighted by molar-refractivity contribution is 0.0729. The zero-order valence-electron chi connectivity index (χ0n) is 15.2. The first kappa shape index (κ1) is 19.5. The van der Waals surface area contributed by atoms with Crippen LogP contribution in [-0.2, 0) is 14.8 Å². The zero-order chi connectivity index (χ0) is 19.6. The van der Waals surface area contributed by atoms with Crippen LogP contribution in [-0.4, -0.2) is 44.9 Å². The number of carbonyl (C=O) groups is 1. The van der Waals surface area contributed by atoms with E-state index in [1.807, 2.05) is 26.0 Å². The van der Waals surface area contributed by atoms with Crippen molar-refractivity contribution in [2.45, 2.75) is 18.7 Å². The molecule has 1 amide bonds. The van der Waals surface area contributed by atoms with Crippen LogP contribution in [0.3, 0.4) is 0 Å². The predicted octanol–water partition coefficient (Wildman–Crippen LogP) is 2.72. The Bertz CT molecular complexity index is 970. The molecular weight excluding hydrogens is 371 g/mol. The van der Waals surface area contributed by atoms with E-state index in [2.05, 4.69) is 5.32 Å². The third kappa shape index (κ3) is 4.18. The van der Waals surface area contributed by atoms with Crippen LogP contribution in [0.25, 0.3) is 0 Å². The van der Waals surface area contributed by atoms with E-state index in [0.717, 1.165) is 23.3 Å². The highest BCUT2D eigenvalue weighted by atomic mass is 32.2. The van der Waals surface area contributed by atoms with E-state index in [4.69, 9.17) is 4.74 Å². The van der Waals surface area contributed by atoms with E-state index >= 15 is 0 Å². The number of benzene rings is 2. The Hall–Kier alpha value is -2.29. The molecule has 1 N–H and O–H groups in total. The number of hydrogen-bond acceptors (Lipinski definition) is 4. The number of hydrogen-bond donors (Lipinski definition) is 1. The molecule has 6 nitrogen and oxygen atoms in total. The van der Waals surface area contributed by atoms with Crippen molar-refractivity contribution in [2.75, 3.05) is 31.6 Å². The summed E-state index contributed by atoms with van der Waals surface area (Å²) in [7, 11) is -4.04. The van der Waals surface area contributed by atoms with Crippen molar-refractivity contribution in [3.8, 4) is 0 Å². The quantitative estimate of drug-likeness (QED) is 0.868. The average molecular weight is 392 g/mol. The summed E-state index contributed by atoms with van der Waals surface area (Å²) in [4.78, 5) is 12.0. The van der Waals surface area contributed by atoms with Crippen LogP contribution < -0.4 is 5.32 Å². The van der Waals surface area contributed by atoms with Gasteiger partial charge in [0.25, 0.3) is 5.91 Å². The van der Waals surface area contributed by atoms with Gasteiger partial charge in [0.05, 0.1) is 13.2 Å². The van der Waals surface area contributed by atoms with Crippen molar-refractivity contribution in [1.29, 1.82) is 0 Å². The van der Waals surface area contributed by atoms with Crippen LogP contribution in [0.1, 0.15) is 21.5 Å². The minimum Gasteiger partial charge on any atom is -0.379 e. The third-order valence-electron chi connectivity index (χ3n) is 4.55. The number of halogens is 1. The molecule has 0 spiro atoms. The average Bonchev–Trinajstić information content (AvgIpc) is 2.65. The van der Waals surface area contributed by atoms with Crippen molar-refractivity contribution in [3.63, 3.8) is 0 Å². The first-order valence-corrected chi connectivity index (χ1v) is 9.99.